The van der Waals surface area contributed by atoms with Crippen molar-refractivity contribution in [1.82, 2.24) is 5.06 Å². The van der Waals surface area contributed by atoms with Gasteiger partial charge in [-0.15, -0.1) is 0 Å². The number of hydroxylamine groups is 2. The number of hydrogen-bond acceptors (Lipinski definition) is 2. The Morgan fingerprint density at radius 3 is 2.48 bits per heavy atom. The summed E-state index contributed by atoms with van der Waals surface area (Å²) in [5, 5.41) is 2.00. The van der Waals surface area contributed by atoms with E-state index in [9.17, 15) is 4.79 Å². The van der Waals surface area contributed by atoms with Gasteiger partial charge in [0, 0.05) is 10.6 Å². The van der Waals surface area contributed by atoms with Crippen LogP contribution >= 0.6 is 11.6 Å². The average Bonchev–Trinajstić information content (AvgIpc) is 2.73. The number of fused-ring (bicyclic) bond motifs is 1. The summed E-state index contributed by atoms with van der Waals surface area (Å²) in [6, 6.07) is 13.2. The van der Waals surface area contributed by atoms with Crippen LogP contribution in [-0.2, 0) is 4.84 Å². The smallest absolute Gasteiger partial charge is 0.269 e. The lowest BCUT2D eigenvalue weighted by Crippen LogP contribution is -2.21. The number of nitrogens with zero attached hydrogens (tertiary/aromatic N) is 1. The summed E-state index contributed by atoms with van der Waals surface area (Å²) < 4.78 is 0. The van der Waals surface area contributed by atoms with Crippen molar-refractivity contribution in [2.45, 2.75) is 6.92 Å². The third-order valence-corrected chi connectivity index (χ3v) is 3.69. The lowest BCUT2D eigenvalue weighted by molar-refractivity contribution is -0.0451. The van der Waals surface area contributed by atoms with Gasteiger partial charge in [0.2, 0.25) is 0 Å². The monoisotopic (exact) mass is 299 g/mol. The largest absolute Gasteiger partial charge is 0.282 e. The number of benzene rings is 2. The Bertz CT molecular complexity index is 735. The SMILES string of the molecule is CON1C(=O)c2ccc(C)cc2/C1=C\c1ccc(Cl)cc1. The van der Waals surface area contributed by atoms with E-state index in [4.69, 9.17) is 16.4 Å². The number of aryl methyl sites for hydroxylation is 1. The van der Waals surface area contributed by atoms with E-state index in [1.807, 2.05) is 55.5 Å². The van der Waals surface area contributed by atoms with E-state index in [0.717, 1.165) is 22.4 Å². The van der Waals surface area contributed by atoms with E-state index in [0.29, 0.717) is 10.6 Å². The Kier molecular flexibility index (Phi) is 3.53. The van der Waals surface area contributed by atoms with Crippen LogP contribution in [0.1, 0.15) is 27.0 Å². The highest BCUT2D eigenvalue weighted by atomic mass is 35.5. The molecule has 0 N–H and O–H groups in total. The van der Waals surface area contributed by atoms with Crippen LogP contribution in [0.2, 0.25) is 5.02 Å². The summed E-state index contributed by atoms with van der Waals surface area (Å²) >= 11 is 5.90. The van der Waals surface area contributed by atoms with E-state index in [2.05, 4.69) is 0 Å². The molecular formula is C17H14ClNO2. The van der Waals surface area contributed by atoms with Crippen LogP contribution in [0, 0.1) is 6.92 Å². The van der Waals surface area contributed by atoms with E-state index in [1.165, 1.54) is 12.2 Å². The first-order valence-corrected chi connectivity index (χ1v) is 6.95. The molecule has 0 saturated heterocycles. The number of halogens is 1. The zero-order valence-corrected chi connectivity index (χ0v) is 12.5. The van der Waals surface area contributed by atoms with Crippen LogP contribution in [0.5, 0.6) is 0 Å². The molecule has 0 fully saturated rings. The summed E-state index contributed by atoms with van der Waals surface area (Å²) in [5.74, 6) is -0.146. The lowest BCUT2D eigenvalue weighted by atomic mass is 10.0. The summed E-state index contributed by atoms with van der Waals surface area (Å²) in [6.07, 6.45) is 1.92. The molecule has 0 bridgehead atoms. The molecule has 0 aromatic heterocycles. The van der Waals surface area contributed by atoms with Gasteiger partial charge in [-0.2, -0.15) is 5.06 Å². The molecule has 1 aliphatic rings. The molecule has 0 saturated carbocycles. The molecule has 1 amide bonds. The van der Waals surface area contributed by atoms with Crippen LogP contribution in [-0.4, -0.2) is 18.1 Å². The normalized spacial score (nSPS) is 15.7. The fourth-order valence-electron chi connectivity index (χ4n) is 2.42. The molecule has 4 heteroatoms. The van der Waals surface area contributed by atoms with Crippen molar-refractivity contribution in [3.05, 3.63) is 69.7 Å². The molecule has 3 nitrogen and oxygen atoms in total. The van der Waals surface area contributed by atoms with Gasteiger partial charge >= 0.3 is 0 Å². The van der Waals surface area contributed by atoms with Gasteiger partial charge in [0.05, 0.1) is 18.4 Å². The Morgan fingerprint density at radius 1 is 1.10 bits per heavy atom. The first kappa shape index (κ1) is 13.9. The van der Waals surface area contributed by atoms with Crippen LogP contribution in [0.3, 0.4) is 0 Å². The van der Waals surface area contributed by atoms with Gasteiger partial charge in [-0.1, -0.05) is 35.4 Å². The number of rotatable bonds is 2. The highest BCUT2D eigenvalue weighted by Crippen LogP contribution is 2.34. The van der Waals surface area contributed by atoms with Gasteiger partial charge < -0.3 is 0 Å². The van der Waals surface area contributed by atoms with Crippen molar-refractivity contribution in [3.63, 3.8) is 0 Å². The molecule has 0 aliphatic carbocycles. The van der Waals surface area contributed by atoms with E-state index in [1.54, 1.807) is 0 Å². The standard InChI is InChI=1S/C17H14ClNO2/c1-11-3-8-14-15(9-11)16(19(21-2)17(14)20)10-12-4-6-13(18)7-5-12/h3-10H,1-2H3/b16-10+. The highest BCUT2D eigenvalue weighted by Gasteiger charge is 2.32. The molecule has 1 aliphatic heterocycles. The van der Waals surface area contributed by atoms with Gasteiger partial charge in [-0.3, -0.25) is 9.63 Å². The first-order valence-electron chi connectivity index (χ1n) is 6.57. The number of carbonyl (C=O) groups is 1. The van der Waals surface area contributed by atoms with Gasteiger partial charge in [0.1, 0.15) is 0 Å². The van der Waals surface area contributed by atoms with Gasteiger partial charge in [0.15, 0.2) is 0 Å². The van der Waals surface area contributed by atoms with E-state index < -0.39 is 0 Å². The van der Waals surface area contributed by atoms with Crippen molar-refractivity contribution in [1.29, 1.82) is 0 Å². The molecule has 106 valence electrons. The van der Waals surface area contributed by atoms with Crippen LogP contribution in [0.15, 0.2) is 42.5 Å². The zero-order valence-electron chi connectivity index (χ0n) is 11.8. The van der Waals surface area contributed by atoms with Crippen molar-refractivity contribution < 1.29 is 9.63 Å². The highest BCUT2D eigenvalue weighted by molar-refractivity contribution is 6.30. The average molecular weight is 300 g/mol. The number of carbonyl (C=O) groups excluding carboxylic acids is 1. The topological polar surface area (TPSA) is 29.5 Å². The van der Waals surface area contributed by atoms with E-state index in [-0.39, 0.29) is 5.91 Å². The molecule has 0 atom stereocenters. The fraction of sp³-hybridized carbons (Fsp3) is 0.118. The van der Waals surface area contributed by atoms with Gasteiger partial charge in [-0.25, -0.2) is 0 Å². The molecule has 21 heavy (non-hydrogen) atoms. The Morgan fingerprint density at radius 2 is 1.81 bits per heavy atom. The third kappa shape index (κ3) is 2.46. The minimum Gasteiger partial charge on any atom is -0.269 e. The molecule has 2 aromatic carbocycles. The minimum absolute atomic E-state index is 0.146. The first-order chi connectivity index (χ1) is 10.1. The van der Waals surface area contributed by atoms with Crippen LogP contribution in [0.25, 0.3) is 11.8 Å². The second-order valence-electron chi connectivity index (χ2n) is 4.91. The fourth-order valence-corrected chi connectivity index (χ4v) is 2.55. The summed E-state index contributed by atoms with van der Waals surface area (Å²) in [4.78, 5) is 17.6. The second-order valence-corrected chi connectivity index (χ2v) is 5.35. The zero-order chi connectivity index (χ0) is 15.0. The maximum absolute atomic E-state index is 12.3. The maximum Gasteiger partial charge on any atom is 0.282 e. The quantitative estimate of drug-likeness (QED) is 0.833. The lowest BCUT2D eigenvalue weighted by Gasteiger charge is -2.14. The predicted molar refractivity (Wildman–Crippen MR) is 83.7 cm³/mol. The van der Waals surface area contributed by atoms with Gasteiger partial charge in [0.25, 0.3) is 5.91 Å². The van der Waals surface area contributed by atoms with Crippen molar-refractivity contribution in [3.8, 4) is 0 Å². The van der Waals surface area contributed by atoms with Crippen molar-refractivity contribution >= 4 is 29.3 Å². The molecule has 3 rings (SSSR count). The predicted octanol–water partition coefficient (Wildman–Crippen LogP) is 4.16. The molecule has 0 spiro atoms. The minimum atomic E-state index is -0.146. The van der Waals surface area contributed by atoms with Gasteiger partial charge in [-0.05, 0) is 42.8 Å². The Labute approximate surface area is 128 Å². The van der Waals surface area contributed by atoms with Crippen LogP contribution in [0.4, 0.5) is 0 Å². The molecule has 2 aromatic rings. The molecular weight excluding hydrogens is 286 g/mol. The Hall–Kier alpha value is -2.10. The van der Waals surface area contributed by atoms with E-state index >= 15 is 0 Å². The molecule has 0 radical (unpaired) electrons. The number of hydrogen-bond donors (Lipinski definition) is 0. The summed E-state index contributed by atoms with van der Waals surface area (Å²) in [6.45, 7) is 2.00. The van der Waals surface area contributed by atoms with Crippen molar-refractivity contribution in [2.75, 3.05) is 7.11 Å². The third-order valence-electron chi connectivity index (χ3n) is 3.44. The summed E-state index contributed by atoms with van der Waals surface area (Å²) in [5.41, 5.74) is 4.34. The summed E-state index contributed by atoms with van der Waals surface area (Å²) in [7, 11) is 1.49. The second kappa shape index (κ2) is 5.35. The maximum atomic E-state index is 12.3. The molecule has 0 unspecified atom stereocenters. The molecule has 1 heterocycles. The number of amides is 1. The van der Waals surface area contributed by atoms with Crippen LogP contribution < -0.4 is 0 Å². The van der Waals surface area contributed by atoms with Crippen molar-refractivity contribution in [2.24, 2.45) is 0 Å². The Balaban J connectivity index is 2.14.